The van der Waals surface area contributed by atoms with Crippen LogP contribution in [-0.4, -0.2) is 58.4 Å². The van der Waals surface area contributed by atoms with Crippen LogP contribution >= 0.6 is 0 Å². The Labute approximate surface area is 111 Å². The quantitative estimate of drug-likeness (QED) is 0.361. The Balaban J connectivity index is 2.36. The second-order valence-corrected chi connectivity index (χ2v) is 4.81. The highest BCUT2D eigenvalue weighted by atomic mass is 16.4. The summed E-state index contributed by atoms with van der Waals surface area (Å²) in [6, 6.07) is -1.17. The third-order valence-electron chi connectivity index (χ3n) is 3.10. The first kappa shape index (κ1) is 15.8. The van der Waals surface area contributed by atoms with Crippen molar-refractivity contribution < 1.29 is 19.8 Å². The van der Waals surface area contributed by atoms with Crippen molar-refractivity contribution in [3.05, 3.63) is 0 Å². The van der Waals surface area contributed by atoms with E-state index in [1.807, 2.05) is 0 Å². The molecule has 0 aromatic carbocycles. The van der Waals surface area contributed by atoms with Crippen LogP contribution in [0.2, 0.25) is 0 Å². The maximum atomic E-state index is 11.7. The molecule has 0 radical (unpaired) electrons. The average Bonchev–Trinajstić information content (AvgIpc) is 2.76. The number of aliphatic hydroxyl groups is 1. The van der Waals surface area contributed by atoms with Crippen LogP contribution in [0.5, 0.6) is 0 Å². The first-order valence-corrected chi connectivity index (χ1v) is 6.36. The van der Waals surface area contributed by atoms with Gasteiger partial charge < -0.3 is 21.7 Å². The van der Waals surface area contributed by atoms with Gasteiger partial charge in [-0.2, -0.15) is 0 Å². The molecule has 0 aliphatic carbocycles. The van der Waals surface area contributed by atoms with Crippen molar-refractivity contribution in [3.63, 3.8) is 0 Å². The van der Waals surface area contributed by atoms with Gasteiger partial charge in [-0.3, -0.25) is 15.0 Å². The Morgan fingerprint density at radius 2 is 2.16 bits per heavy atom. The van der Waals surface area contributed by atoms with E-state index in [0.717, 1.165) is 6.42 Å². The van der Waals surface area contributed by atoms with Crippen molar-refractivity contribution in [2.75, 3.05) is 13.1 Å². The molecule has 19 heavy (non-hydrogen) atoms. The minimum absolute atomic E-state index is 0.0277. The molecule has 3 atom stereocenters. The summed E-state index contributed by atoms with van der Waals surface area (Å²) in [7, 11) is 0. The van der Waals surface area contributed by atoms with E-state index in [9.17, 15) is 14.7 Å². The third kappa shape index (κ3) is 5.11. The summed E-state index contributed by atoms with van der Waals surface area (Å²) in [5.41, 5.74) is 13.5. The van der Waals surface area contributed by atoms with Gasteiger partial charge in [-0.1, -0.05) is 0 Å². The molecule has 1 fully saturated rings. The predicted octanol–water partition coefficient (Wildman–Crippen LogP) is -2.01. The van der Waals surface area contributed by atoms with Gasteiger partial charge in [0.2, 0.25) is 5.91 Å². The molecule has 0 spiro atoms. The van der Waals surface area contributed by atoms with E-state index in [1.54, 1.807) is 0 Å². The van der Waals surface area contributed by atoms with Crippen LogP contribution in [-0.2, 0) is 9.59 Å². The zero-order chi connectivity index (χ0) is 14.4. The standard InChI is InChI=1S/C11H22N4O4/c12-6-8(16)4-7(13)5-10(17)14-15-3-1-2-9(15)11(18)19/h7-9,16H,1-6,12-13H2,(H,14,17)(H,18,19)/t7-,8-,9+/m1/s1. The van der Waals surface area contributed by atoms with E-state index >= 15 is 0 Å². The molecule has 0 bridgehead atoms. The van der Waals surface area contributed by atoms with Gasteiger partial charge in [-0.15, -0.1) is 0 Å². The highest BCUT2D eigenvalue weighted by Crippen LogP contribution is 2.14. The SMILES string of the molecule is NC[C@H](O)C[C@@H](N)CC(=O)NN1CCC[C@H]1C(=O)O. The summed E-state index contributed by atoms with van der Waals surface area (Å²) < 4.78 is 0. The van der Waals surface area contributed by atoms with E-state index in [2.05, 4.69) is 5.43 Å². The molecule has 1 heterocycles. The number of hydrogen-bond donors (Lipinski definition) is 5. The Bertz CT molecular complexity index is 326. The lowest BCUT2D eigenvalue weighted by atomic mass is 10.1. The molecule has 0 unspecified atom stereocenters. The van der Waals surface area contributed by atoms with E-state index in [-0.39, 0.29) is 25.3 Å². The van der Waals surface area contributed by atoms with Crippen LogP contribution in [0.3, 0.4) is 0 Å². The van der Waals surface area contributed by atoms with E-state index in [4.69, 9.17) is 16.6 Å². The highest BCUT2D eigenvalue weighted by Gasteiger charge is 2.31. The second-order valence-electron chi connectivity index (χ2n) is 4.81. The number of rotatable bonds is 7. The number of carbonyl (C=O) groups is 2. The number of carboxylic acids is 1. The van der Waals surface area contributed by atoms with Crippen molar-refractivity contribution in [2.45, 2.75) is 43.9 Å². The van der Waals surface area contributed by atoms with Gasteiger partial charge in [0.15, 0.2) is 0 Å². The second kappa shape index (κ2) is 7.39. The summed E-state index contributed by atoms with van der Waals surface area (Å²) in [4.78, 5) is 22.6. The molecule has 0 saturated carbocycles. The summed E-state index contributed by atoms with van der Waals surface area (Å²) in [5, 5.41) is 19.7. The van der Waals surface area contributed by atoms with Crippen LogP contribution in [0, 0.1) is 0 Å². The van der Waals surface area contributed by atoms with Crippen LogP contribution in [0.15, 0.2) is 0 Å². The monoisotopic (exact) mass is 274 g/mol. The number of nitrogens with one attached hydrogen (secondary N) is 1. The number of carboxylic acid groups (broad SMARTS) is 1. The average molecular weight is 274 g/mol. The Hall–Kier alpha value is -1.22. The van der Waals surface area contributed by atoms with E-state index in [0.29, 0.717) is 13.0 Å². The van der Waals surface area contributed by atoms with Gasteiger partial charge in [0.05, 0.1) is 6.10 Å². The molecule has 1 amide bonds. The molecule has 0 aromatic heterocycles. The molecule has 110 valence electrons. The number of hydrazine groups is 1. The smallest absolute Gasteiger partial charge is 0.322 e. The summed E-state index contributed by atoms with van der Waals surface area (Å²) in [6.07, 6.45) is 0.802. The molecule has 1 aliphatic heterocycles. The van der Waals surface area contributed by atoms with Crippen molar-refractivity contribution in [1.29, 1.82) is 0 Å². The number of nitrogens with zero attached hydrogens (tertiary/aromatic N) is 1. The largest absolute Gasteiger partial charge is 0.480 e. The normalized spacial score (nSPS) is 23.0. The maximum absolute atomic E-state index is 11.7. The van der Waals surface area contributed by atoms with Gasteiger partial charge in [0.25, 0.3) is 0 Å². The number of amides is 1. The molecule has 1 rings (SSSR count). The molecule has 8 heteroatoms. The Morgan fingerprint density at radius 3 is 2.74 bits per heavy atom. The zero-order valence-electron chi connectivity index (χ0n) is 10.8. The number of aliphatic carboxylic acids is 1. The molecule has 0 aromatic rings. The van der Waals surface area contributed by atoms with Gasteiger partial charge in [-0.25, -0.2) is 5.01 Å². The van der Waals surface area contributed by atoms with Gasteiger partial charge in [0, 0.05) is 25.6 Å². The lowest BCUT2D eigenvalue weighted by Crippen LogP contribution is -2.49. The fourth-order valence-corrected chi connectivity index (χ4v) is 2.13. The van der Waals surface area contributed by atoms with Crippen molar-refractivity contribution in [1.82, 2.24) is 10.4 Å². The first-order valence-electron chi connectivity index (χ1n) is 6.36. The lowest BCUT2D eigenvalue weighted by Gasteiger charge is -2.23. The Morgan fingerprint density at radius 1 is 1.47 bits per heavy atom. The maximum Gasteiger partial charge on any atom is 0.322 e. The molecule has 7 N–H and O–H groups in total. The van der Waals surface area contributed by atoms with Crippen LogP contribution in [0.4, 0.5) is 0 Å². The fourth-order valence-electron chi connectivity index (χ4n) is 2.13. The molecule has 8 nitrogen and oxygen atoms in total. The van der Waals surface area contributed by atoms with Gasteiger partial charge in [-0.05, 0) is 19.3 Å². The molecule has 1 saturated heterocycles. The van der Waals surface area contributed by atoms with Crippen LogP contribution in [0.25, 0.3) is 0 Å². The third-order valence-corrected chi connectivity index (χ3v) is 3.10. The molecular formula is C11H22N4O4. The minimum atomic E-state index is -0.944. The van der Waals surface area contributed by atoms with Crippen LogP contribution < -0.4 is 16.9 Å². The van der Waals surface area contributed by atoms with E-state index < -0.39 is 24.2 Å². The zero-order valence-corrected chi connectivity index (χ0v) is 10.8. The van der Waals surface area contributed by atoms with Crippen molar-refractivity contribution in [2.24, 2.45) is 11.5 Å². The summed E-state index contributed by atoms with van der Waals surface area (Å²) in [6.45, 7) is 0.617. The van der Waals surface area contributed by atoms with Crippen molar-refractivity contribution in [3.8, 4) is 0 Å². The summed E-state index contributed by atoms with van der Waals surface area (Å²) in [5.74, 6) is -1.29. The Kier molecular flexibility index (Phi) is 6.16. The molecule has 1 aliphatic rings. The fraction of sp³-hybridized carbons (Fsp3) is 0.818. The number of hydrogen-bond acceptors (Lipinski definition) is 6. The van der Waals surface area contributed by atoms with E-state index in [1.165, 1.54) is 5.01 Å². The topological polar surface area (TPSA) is 142 Å². The number of aliphatic hydroxyl groups excluding tert-OH is 1. The van der Waals surface area contributed by atoms with Crippen LogP contribution in [0.1, 0.15) is 25.7 Å². The lowest BCUT2D eigenvalue weighted by molar-refractivity contribution is -0.144. The predicted molar refractivity (Wildman–Crippen MR) is 67.8 cm³/mol. The van der Waals surface area contributed by atoms with Gasteiger partial charge >= 0.3 is 5.97 Å². The number of nitrogens with two attached hydrogens (primary N) is 2. The highest BCUT2D eigenvalue weighted by molar-refractivity contribution is 5.78. The van der Waals surface area contributed by atoms with Gasteiger partial charge in [0.1, 0.15) is 6.04 Å². The first-order chi connectivity index (χ1) is 8.93. The minimum Gasteiger partial charge on any atom is -0.480 e. The molecular weight excluding hydrogens is 252 g/mol. The number of carbonyl (C=O) groups excluding carboxylic acids is 1. The van der Waals surface area contributed by atoms with Crippen molar-refractivity contribution >= 4 is 11.9 Å². The summed E-state index contributed by atoms with van der Waals surface area (Å²) >= 11 is 0.